The van der Waals surface area contributed by atoms with E-state index in [1.54, 1.807) is 13.2 Å². The number of hydrogen-bond acceptors (Lipinski definition) is 3. The van der Waals surface area contributed by atoms with Crippen LogP contribution in [0.3, 0.4) is 0 Å². The van der Waals surface area contributed by atoms with Gasteiger partial charge in [-0.2, -0.15) is 0 Å². The quantitative estimate of drug-likeness (QED) is 0.804. The Hall–Kier alpha value is -2.42. The van der Waals surface area contributed by atoms with Crippen molar-refractivity contribution in [3.63, 3.8) is 0 Å². The number of fused-ring (bicyclic) bond motifs is 1. The molecule has 0 amide bonds. The monoisotopic (exact) mass is 279 g/mol. The predicted molar refractivity (Wildman–Crippen MR) is 82.6 cm³/mol. The molecule has 1 aromatic carbocycles. The van der Waals surface area contributed by atoms with Crippen LogP contribution in [-0.4, -0.2) is 17.9 Å². The van der Waals surface area contributed by atoms with E-state index in [2.05, 4.69) is 18.0 Å². The summed E-state index contributed by atoms with van der Waals surface area (Å²) in [5.74, 6) is 0.725. The second kappa shape index (κ2) is 5.52. The molecule has 0 radical (unpaired) electrons. The van der Waals surface area contributed by atoms with E-state index in [4.69, 9.17) is 4.74 Å². The first kappa shape index (κ1) is 13.6. The zero-order valence-electron chi connectivity index (χ0n) is 12.2. The zero-order chi connectivity index (χ0) is 14.8. The van der Waals surface area contributed by atoms with Crippen LogP contribution in [-0.2, 0) is 12.8 Å². The van der Waals surface area contributed by atoms with Crippen molar-refractivity contribution in [2.45, 2.75) is 19.8 Å². The number of ketones is 1. The summed E-state index contributed by atoms with van der Waals surface area (Å²) in [4.78, 5) is 17.2. The van der Waals surface area contributed by atoms with Gasteiger partial charge in [0.2, 0.25) is 0 Å². The Morgan fingerprint density at radius 1 is 1.33 bits per heavy atom. The van der Waals surface area contributed by atoms with E-state index in [0.717, 1.165) is 35.2 Å². The second-order valence-electron chi connectivity index (χ2n) is 5.07. The lowest BCUT2D eigenvalue weighted by Gasteiger charge is -2.08. The molecule has 1 aliphatic carbocycles. The molecule has 21 heavy (non-hydrogen) atoms. The Bertz CT molecular complexity index is 732. The van der Waals surface area contributed by atoms with Gasteiger partial charge in [-0.25, -0.2) is 0 Å². The predicted octanol–water partition coefficient (Wildman–Crippen LogP) is 3.48. The number of ether oxygens (including phenoxy) is 1. The Balaban J connectivity index is 1.98. The van der Waals surface area contributed by atoms with Crippen molar-refractivity contribution in [2.24, 2.45) is 0 Å². The summed E-state index contributed by atoms with van der Waals surface area (Å²) >= 11 is 0. The highest BCUT2D eigenvalue weighted by Gasteiger charge is 2.22. The molecule has 1 aromatic heterocycles. The van der Waals surface area contributed by atoms with Gasteiger partial charge in [0.05, 0.1) is 12.8 Å². The summed E-state index contributed by atoms with van der Waals surface area (Å²) in [5, 5.41) is 0. The van der Waals surface area contributed by atoms with Gasteiger partial charge >= 0.3 is 0 Å². The van der Waals surface area contributed by atoms with E-state index in [0.29, 0.717) is 11.3 Å². The smallest absolute Gasteiger partial charge is 0.193 e. The average molecular weight is 279 g/mol. The van der Waals surface area contributed by atoms with Crippen LogP contribution in [0.15, 0.2) is 42.6 Å². The third kappa shape index (κ3) is 2.47. The van der Waals surface area contributed by atoms with Gasteiger partial charge in [-0.1, -0.05) is 25.1 Å². The molecular formula is C18H17NO2. The number of pyridine rings is 1. The van der Waals surface area contributed by atoms with Crippen molar-refractivity contribution in [3.8, 4) is 5.75 Å². The lowest BCUT2D eigenvalue weighted by atomic mass is 9.98. The highest BCUT2D eigenvalue weighted by molar-refractivity contribution is 6.29. The number of benzene rings is 1. The Labute approximate surface area is 124 Å². The summed E-state index contributed by atoms with van der Waals surface area (Å²) < 4.78 is 5.19. The second-order valence-corrected chi connectivity index (χ2v) is 5.07. The van der Waals surface area contributed by atoms with Crippen LogP contribution in [0, 0.1) is 0 Å². The summed E-state index contributed by atoms with van der Waals surface area (Å²) in [6.07, 6.45) is 5.51. The molecule has 0 saturated carbocycles. The number of aromatic nitrogens is 1. The molecule has 0 spiro atoms. The Morgan fingerprint density at radius 3 is 2.95 bits per heavy atom. The van der Waals surface area contributed by atoms with Crippen LogP contribution in [0.25, 0.3) is 5.57 Å². The van der Waals surface area contributed by atoms with Gasteiger partial charge in [0.1, 0.15) is 5.75 Å². The summed E-state index contributed by atoms with van der Waals surface area (Å²) in [5.41, 5.74) is 4.51. The molecule has 0 aliphatic heterocycles. The van der Waals surface area contributed by atoms with E-state index >= 15 is 0 Å². The van der Waals surface area contributed by atoms with Crippen molar-refractivity contribution in [1.29, 1.82) is 0 Å². The zero-order valence-corrected chi connectivity index (χ0v) is 12.2. The first-order valence-electron chi connectivity index (χ1n) is 7.10. The highest BCUT2D eigenvalue weighted by Crippen LogP contribution is 2.30. The molecule has 2 aromatic rings. The molecule has 3 rings (SSSR count). The number of allylic oxidation sites excluding steroid dienone is 2. The lowest BCUT2D eigenvalue weighted by molar-refractivity contribution is 0.105. The molecule has 106 valence electrons. The number of methoxy groups -OCH3 is 1. The van der Waals surface area contributed by atoms with Crippen molar-refractivity contribution in [2.75, 3.05) is 7.11 Å². The molecule has 0 N–H and O–H groups in total. The van der Waals surface area contributed by atoms with E-state index in [1.807, 2.05) is 30.5 Å². The first-order chi connectivity index (χ1) is 10.2. The fourth-order valence-electron chi connectivity index (χ4n) is 2.57. The van der Waals surface area contributed by atoms with Gasteiger partial charge in [0, 0.05) is 29.3 Å². The number of carbonyl (C=O) groups is 1. The number of rotatable bonds is 4. The van der Waals surface area contributed by atoms with Gasteiger partial charge in [0.15, 0.2) is 5.78 Å². The van der Waals surface area contributed by atoms with Gasteiger partial charge in [-0.3, -0.25) is 9.78 Å². The topological polar surface area (TPSA) is 39.2 Å². The minimum absolute atomic E-state index is 0.0303. The largest absolute Gasteiger partial charge is 0.497 e. The molecular weight excluding hydrogens is 262 g/mol. The van der Waals surface area contributed by atoms with Gasteiger partial charge < -0.3 is 4.74 Å². The number of Topliss-reactive ketones (excluding diaryl/α,β-unsaturated/α-hetero) is 1. The maximum absolute atomic E-state index is 12.7. The molecule has 3 nitrogen and oxygen atoms in total. The van der Waals surface area contributed by atoms with Crippen LogP contribution in [0.5, 0.6) is 5.75 Å². The van der Waals surface area contributed by atoms with Crippen molar-refractivity contribution < 1.29 is 9.53 Å². The number of carbonyl (C=O) groups excluding carboxylic acids is 1. The molecule has 3 heteroatoms. The van der Waals surface area contributed by atoms with Crippen LogP contribution < -0.4 is 4.74 Å². The van der Waals surface area contributed by atoms with E-state index in [9.17, 15) is 4.79 Å². The maximum atomic E-state index is 12.7. The van der Waals surface area contributed by atoms with Crippen LogP contribution in [0.4, 0.5) is 0 Å². The van der Waals surface area contributed by atoms with Gasteiger partial charge in [-0.15, -0.1) is 0 Å². The lowest BCUT2D eigenvalue weighted by Crippen LogP contribution is -2.03. The van der Waals surface area contributed by atoms with Gasteiger partial charge in [-0.05, 0) is 30.2 Å². The Morgan fingerprint density at radius 2 is 2.19 bits per heavy atom. The number of hydrogen-bond donors (Lipinski definition) is 0. The van der Waals surface area contributed by atoms with E-state index in [-0.39, 0.29) is 5.78 Å². The Kier molecular flexibility index (Phi) is 3.57. The minimum atomic E-state index is 0.0303. The van der Waals surface area contributed by atoms with Crippen LogP contribution >= 0.6 is 0 Å². The normalized spacial score (nSPS) is 12.8. The molecule has 0 bridgehead atoms. The summed E-state index contributed by atoms with van der Waals surface area (Å²) in [6.45, 7) is 2.09. The first-order valence-corrected chi connectivity index (χ1v) is 7.10. The fourth-order valence-corrected chi connectivity index (χ4v) is 2.57. The minimum Gasteiger partial charge on any atom is -0.497 e. The molecule has 0 fully saturated rings. The molecule has 0 unspecified atom stereocenters. The molecule has 1 heterocycles. The van der Waals surface area contributed by atoms with Crippen molar-refractivity contribution in [3.05, 3.63) is 65.0 Å². The van der Waals surface area contributed by atoms with Crippen molar-refractivity contribution >= 4 is 11.4 Å². The molecule has 1 aliphatic rings. The van der Waals surface area contributed by atoms with E-state index in [1.165, 1.54) is 0 Å². The highest BCUT2D eigenvalue weighted by atomic mass is 16.5. The number of aryl methyl sites for hydroxylation is 1. The van der Waals surface area contributed by atoms with Gasteiger partial charge in [0.25, 0.3) is 0 Å². The fraction of sp³-hybridized carbons (Fsp3) is 0.222. The number of nitrogens with zero attached hydrogens (tertiary/aromatic N) is 1. The SMILES string of the molecule is CCc1cnc2c(c1)C(C(=O)c1cccc(OC)c1)=CC2. The van der Waals surface area contributed by atoms with Crippen molar-refractivity contribution in [1.82, 2.24) is 4.98 Å². The standard InChI is InChI=1S/C18H17NO2/c1-3-12-9-16-15(7-8-17(16)19-11-12)18(20)13-5-4-6-14(10-13)21-2/h4-7,9-11H,3,8H2,1-2H3. The summed E-state index contributed by atoms with van der Waals surface area (Å²) in [7, 11) is 1.60. The average Bonchev–Trinajstić information content (AvgIpc) is 2.97. The van der Waals surface area contributed by atoms with Crippen LogP contribution in [0.2, 0.25) is 0 Å². The molecule has 0 atom stereocenters. The van der Waals surface area contributed by atoms with E-state index < -0.39 is 0 Å². The maximum Gasteiger partial charge on any atom is 0.193 e. The van der Waals surface area contributed by atoms with Crippen LogP contribution in [0.1, 0.15) is 34.1 Å². The third-order valence-corrected chi connectivity index (χ3v) is 3.80. The molecule has 0 saturated heterocycles. The summed E-state index contributed by atoms with van der Waals surface area (Å²) in [6, 6.07) is 9.35. The third-order valence-electron chi connectivity index (χ3n) is 3.80.